The Labute approximate surface area is 123 Å². The largest absolute Gasteiger partial charge is 0.497 e. The van der Waals surface area contributed by atoms with Crippen molar-refractivity contribution in [2.45, 2.75) is 51.9 Å². The monoisotopic (exact) mass is 275 g/mol. The first-order valence-electron chi connectivity index (χ1n) is 7.99. The van der Waals surface area contributed by atoms with E-state index in [9.17, 15) is 0 Å². The molecule has 1 fully saturated rings. The van der Waals surface area contributed by atoms with Gasteiger partial charge in [-0.25, -0.2) is 0 Å². The van der Waals surface area contributed by atoms with Gasteiger partial charge in [0.15, 0.2) is 0 Å². The molecule has 0 bridgehead atoms. The van der Waals surface area contributed by atoms with Gasteiger partial charge >= 0.3 is 0 Å². The van der Waals surface area contributed by atoms with Crippen LogP contribution in [-0.4, -0.2) is 20.2 Å². The van der Waals surface area contributed by atoms with E-state index in [4.69, 9.17) is 4.74 Å². The maximum atomic E-state index is 5.28. The summed E-state index contributed by atoms with van der Waals surface area (Å²) in [5, 5.41) is 3.57. The van der Waals surface area contributed by atoms with Crippen LogP contribution in [0.2, 0.25) is 0 Å². The average Bonchev–Trinajstić information content (AvgIpc) is 2.47. The number of hydrogen-bond donors (Lipinski definition) is 1. The lowest BCUT2D eigenvalue weighted by molar-refractivity contribution is 0.0132. The van der Waals surface area contributed by atoms with Crippen LogP contribution >= 0.6 is 0 Å². The zero-order valence-electron chi connectivity index (χ0n) is 13.5. The third-order valence-corrected chi connectivity index (χ3v) is 5.34. The fourth-order valence-electron chi connectivity index (χ4n) is 3.87. The molecule has 0 atom stereocenters. The van der Waals surface area contributed by atoms with Gasteiger partial charge in [0.05, 0.1) is 7.11 Å². The van der Waals surface area contributed by atoms with Gasteiger partial charge in [0.1, 0.15) is 5.75 Å². The van der Waals surface area contributed by atoms with Crippen LogP contribution in [-0.2, 0) is 5.41 Å². The highest BCUT2D eigenvalue weighted by Crippen LogP contribution is 2.59. The van der Waals surface area contributed by atoms with Gasteiger partial charge in [0.25, 0.3) is 0 Å². The molecule has 0 unspecified atom stereocenters. The summed E-state index contributed by atoms with van der Waals surface area (Å²) < 4.78 is 5.28. The van der Waals surface area contributed by atoms with E-state index < -0.39 is 0 Å². The molecule has 0 heterocycles. The predicted octanol–water partition coefficient (Wildman–Crippen LogP) is 4.14. The average molecular weight is 275 g/mol. The second kappa shape index (κ2) is 6.17. The van der Waals surface area contributed by atoms with Gasteiger partial charge in [-0.1, -0.05) is 45.7 Å². The summed E-state index contributed by atoms with van der Waals surface area (Å²) in [6.07, 6.45) is 5.22. The Morgan fingerprint density at radius 2 is 1.65 bits per heavy atom. The molecule has 0 radical (unpaired) electrons. The first-order chi connectivity index (χ1) is 9.63. The molecule has 1 N–H and O–H groups in total. The highest BCUT2D eigenvalue weighted by atomic mass is 16.5. The van der Waals surface area contributed by atoms with Crippen molar-refractivity contribution in [3.63, 3.8) is 0 Å². The molecule has 0 amide bonds. The molecule has 2 heteroatoms. The fourth-order valence-corrected chi connectivity index (χ4v) is 3.87. The van der Waals surface area contributed by atoms with Gasteiger partial charge in [-0.3, -0.25) is 0 Å². The molecule has 0 saturated heterocycles. The molecule has 2 rings (SSSR count). The van der Waals surface area contributed by atoms with E-state index in [1.54, 1.807) is 7.11 Å². The topological polar surface area (TPSA) is 21.3 Å². The Hall–Kier alpha value is -1.02. The van der Waals surface area contributed by atoms with Gasteiger partial charge in [0.2, 0.25) is 0 Å². The van der Waals surface area contributed by atoms with E-state index in [0.717, 1.165) is 18.8 Å². The zero-order valence-corrected chi connectivity index (χ0v) is 13.5. The maximum absolute atomic E-state index is 5.28. The predicted molar refractivity (Wildman–Crippen MR) is 85.5 cm³/mol. The van der Waals surface area contributed by atoms with Crippen LogP contribution in [0.25, 0.3) is 0 Å². The number of nitrogens with one attached hydrogen (secondary N) is 1. The maximum Gasteiger partial charge on any atom is 0.118 e. The molecule has 1 saturated carbocycles. The van der Waals surface area contributed by atoms with E-state index >= 15 is 0 Å². The Kier molecular flexibility index (Phi) is 4.74. The molecule has 1 aliphatic rings. The van der Waals surface area contributed by atoms with Gasteiger partial charge in [-0.15, -0.1) is 0 Å². The standard InChI is InChI=1S/C18H29NO/c1-5-17(6-2)12-18(13-17,14-19-7-3)15-8-10-16(20-4)11-9-15/h8-11,19H,5-7,12-14H2,1-4H3. The fraction of sp³-hybridized carbons (Fsp3) is 0.667. The first kappa shape index (κ1) is 15.4. The molecule has 0 spiro atoms. The summed E-state index contributed by atoms with van der Waals surface area (Å²) in [7, 11) is 1.73. The molecule has 1 aromatic rings. The molecule has 0 aliphatic heterocycles. The van der Waals surface area contributed by atoms with E-state index in [0.29, 0.717) is 10.8 Å². The van der Waals surface area contributed by atoms with E-state index in [1.807, 2.05) is 0 Å². The van der Waals surface area contributed by atoms with Crippen LogP contribution in [0.5, 0.6) is 5.75 Å². The van der Waals surface area contributed by atoms with Crippen LogP contribution in [0, 0.1) is 5.41 Å². The van der Waals surface area contributed by atoms with Crippen molar-refractivity contribution in [3.8, 4) is 5.75 Å². The van der Waals surface area contributed by atoms with Crippen molar-refractivity contribution in [2.24, 2.45) is 5.41 Å². The van der Waals surface area contributed by atoms with Crippen LogP contribution in [0.1, 0.15) is 52.0 Å². The number of ether oxygens (including phenoxy) is 1. The second-order valence-corrected chi connectivity index (χ2v) is 6.35. The van der Waals surface area contributed by atoms with Crippen molar-refractivity contribution in [1.29, 1.82) is 0 Å². The van der Waals surface area contributed by atoms with Crippen LogP contribution in [0.4, 0.5) is 0 Å². The summed E-state index contributed by atoms with van der Waals surface area (Å²) in [5.41, 5.74) is 2.36. The van der Waals surface area contributed by atoms with Crippen LogP contribution < -0.4 is 10.1 Å². The van der Waals surface area contributed by atoms with Gasteiger partial charge in [0, 0.05) is 12.0 Å². The molecule has 1 aromatic carbocycles. The van der Waals surface area contributed by atoms with Gasteiger partial charge in [-0.05, 0) is 42.5 Å². The minimum absolute atomic E-state index is 0.328. The smallest absolute Gasteiger partial charge is 0.118 e. The van der Waals surface area contributed by atoms with Crippen molar-refractivity contribution in [3.05, 3.63) is 29.8 Å². The summed E-state index contributed by atoms with van der Waals surface area (Å²) in [6.45, 7) is 9.01. The summed E-state index contributed by atoms with van der Waals surface area (Å²) in [6, 6.07) is 8.71. The Morgan fingerprint density at radius 1 is 1.05 bits per heavy atom. The molecule has 2 nitrogen and oxygen atoms in total. The SMILES string of the molecule is CCNCC1(c2ccc(OC)cc2)CC(CC)(CC)C1. The molecule has 112 valence electrons. The van der Waals surface area contributed by atoms with Crippen molar-refractivity contribution in [1.82, 2.24) is 5.32 Å². The molecule has 20 heavy (non-hydrogen) atoms. The molecule has 1 aliphatic carbocycles. The normalized spacial score (nSPS) is 19.4. The summed E-state index contributed by atoms with van der Waals surface area (Å²) >= 11 is 0. The molecular weight excluding hydrogens is 246 g/mol. The highest BCUT2D eigenvalue weighted by molar-refractivity contribution is 5.36. The Balaban J connectivity index is 2.20. The highest BCUT2D eigenvalue weighted by Gasteiger charge is 2.52. The van der Waals surface area contributed by atoms with Crippen molar-refractivity contribution < 1.29 is 4.74 Å². The minimum Gasteiger partial charge on any atom is -0.497 e. The number of rotatable bonds is 7. The third-order valence-electron chi connectivity index (χ3n) is 5.34. The van der Waals surface area contributed by atoms with Gasteiger partial charge < -0.3 is 10.1 Å². The number of methoxy groups -OCH3 is 1. The third kappa shape index (κ3) is 2.71. The lowest BCUT2D eigenvalue weighted by Gasteiger charge is -2.57. The number of likely N-dealkylation sites (N-methyl/N-ethyl adjacent to an activating group) is 1. The zero-order chi connectivity index (χ0) is 14.6. The number of benzene rings is 1. The minimum atomic E-state index is 0.328. The lowest BCUT2D eigenvalue weighted by atomic mass is 9.48. The Morgan fingerprint density at radius 3 is 2.10 bits per heavy atom. The van der Waals surface area contributed by atoms with Gasteiger partial charge in [-0.2, -0.15) is 0 Å². The summed E-state index contributed by atoms with van der Waals surface area (Å²) in [4.78, 5) is 0. The molecular formula is C18H29NO. The van der Waals surface area contributed by atoms with E-state index in [-0.39, 0.29) is 0 Å². The molecule has 0 aromatic heterocycles. The quantitative estimate of drug-likeness (QED) is 0.807. The van der Waals surface area contributed by atoms with E-state index in [1.165, 1.54) is 31.2 Å². The van der Waals surface area contributed by atoms with Crippen LogP contribution in [0.15, 0.2) is 24.3 Å². The van der Waals surface area contributed by atoms with E-state index in [2.05, 4.69) is 50.4 Å². The second-order valence-electron chi connectivity index (χ2n) is 6.35. The first-order valence-corrected chi connectivity index (χ1v) is 7.99. The Bertz CT molecular complexity index is 412. The van der Waals surface area contributed by atoms with Crippen molar-refractivity contribution >= 4 is 0 Å². The van der Waals surface area contributed by atoms with Crippen LogP contribution in [0.3, 0.4) is 0 Å². The number of hydrogen-bond acceptors (Lipinski definition) is 2. The van der Waals surface area contributed by atoms with Crippen molar-refractivity contribution in [2.75, 3.05) is 20.2 Å². The summed E-state index contributed by atoms with van der Waals surface area (Å²) in [5.74, 6) is 0.948. The lowest BCUT2D eigenvalue weighted by Crippen LogP contribution is -2.54.